The fourth-order valence-electron chi connectivity index (χ4n) is 9.22. The molecule has 0 bridgehead atoms. The highest BCUT2D eigenvalue weighted by molar-refractivity contribution is 8.13. The lowest BCUT2D eigenvalue weighted by Crippen LogP contribution is -2.62. The van der Waals surface area contributed by atoms with E-state index in [0.717, 1.165) is 47.6 Å². The second-order valence-electron chi connectivity index (χ2n) is 13.3. The molecule has 0 amide bonds. The molecule has 0 saturated heterocycles. The van der Waals surface area contributed by atoms with Crippen molar-refractivity contribution in [3.05, 3.63) is 60.2 Å². The standard InChI is InChI=1S/C34H38N2O5S/c1-32-15-13-22(37)18-21(32)11-12-23-24-14-16-34(33(24,2)28(38)19-25(23)32)20-30(40)42-31-35-26-8-5-6-9-27(26)36(31)17-7-3-4-10-29(39)41-34/h3,5-9,13,15,18,23-25,28,38H,4,10-12,14,16-17,19-20H2,1-2H3/b7-3-/t23-,24-,25-,28+,32-,33+,34-/m0/s1. The van der Waals surface area contributed by atoms with Gasteiger partial charge in [0.05, 0.1) is 23.6 Å². The number of rotatable bonds is 0. The van der Waals surface area contributed by atoms with Gasteiger partial charge in [-0.3, -0.25) is 14.4 Å². The van der Waals surface area contributed by atoms with Gasteiger partial charge in [-0.2, -0.15) is 0 Å². The number of ketones is 1. The van der Waals surface area contributed by atoms with Gasteiger partial charge in [0.15, 0.2) is 10.9 Å². The van der Waals surface area contributed by atoms with Gasteiger partial charge in [0.2, 0.25) is 5.12 Å². The minimum absolute atomic E-state index is 0.0391. The smallest absolute Gasteiger partial charge is 0.306 e. The maximum atomic E-state index is 13.9. The van der Waals surface area contributed by atoms with E-state index in [2.05, 4.69) is 24.5 Å². The van der Waals surface area contributed by atoms with Gasteiger partial charge in [-0.05, 0) is 92.3 Å². The predicted molar refractivity (Wildman–Crippen MR) is 160 cm³/mol. The zero-order valence-electron chi connectivity index (χ0n) is 24.3. The summed E-state index contributed by atoms with van der Waals surface area (Å²) in [4.78, 5) is 44.3. The number of para-hydroxylation sites is 2. The van der Waals surface area contributed by atoms with Crippen LogP contribution in [0.3, 0.4) is 0 Å². The van der Waals surface area contributed by atoms with E-state index in [1.165, 1.54) is 0 Å². The first kappa shape index (κ1) is 27.8. The number of aromatic nitrogens is 2. The summed E-state index contributed by atoms with van der Waals surface area (Å²) >= 11 is 1.11. The molecule has 1 aliphatic heterocycles. The van der Waals surface area contributed by atoms with E-state index in [1.807, 2.05) is 36.4 Å². The second-order valence-corrected chi connectivity index (χ2v) is 14.3. The number of ether oxygens (including phenoxy) is 1. The molecule has 1 aromatic heterocycles. The van der Waals surface area contributed by atoms with Crippen LogP contribution in [0.2, 0.25) is 0 Å². The molecule has 7 nitrogen and oxygen atoms in total. The molecule has 7 atom stereocenters. The van der Waals surface area contributed by atoms with Crippen molar-refractivity contribution in [2.75, 3.05) is 0 Å². The first-order valence-electron chi connectivity index (χ1n) is 15.3. The Bertz CT molecular complexity index is 1570. The van der Waals surface area contributed by atoms with Gasteiger partial charge < -0.3 is 14.4 Å². The highest BCUT2D eigenvalue weighted by atomic mass is 32.2. The number of allylic oxidation sites excluding steroid dienone is 6. The summed E-state index contributed by atoms with van der Waals surface area (Å²) in [6.07, 6.45) is 13.3. The maximum absolute atomic E-state index is 13.9. The Morgan fingerprint density at radius 3 is 2.76 bits per heavy atom. The molecule has 42 heavy (non-hydrogen) atoms. The van der Waals surface area contributed by atoms with Crippen LogP contribution in [-0.4, -0.2) is 43.2 Å². The average molecular weight is 587 g/mol. The van der Waals surface area contributed by atoms with Crippen molar-refractivity contribution in [1.29, 1.82) is 0 Å². The molecule has 8 heteroatoms. The zero-order chi connectivity index (χ0) is 29.3. The SMILES string of the molecule is C[C@]12[C@H](O)C[C@H]3[C@@H](CCC4=CC(=O)C=C[C@@]43C)[C@@H]1CC[C@]21CC(=O)Sc2nc3ccccc3n2C/C=C\CCC(=O)O1. The Hall–Kier alpha value is -2.97. The molecule has 1 spiro atoms. The van der Waals surface area contributed by atoms with Crippen LogP contribution in [0.15, 0.2) is 65.4 Å². The summed E-state index contributed by atoms with van der Waals surface area (Å²) in [6, 6.07) is 7.88. The molecule has 7 rings (SSSR count). The van der Waals surface area contributed by atoms with E-state index >= 15 is 0 Å². The number of benzene rings is 1. The van der Waals surface area contributed by atoms with Crippen LogP contribution in [0, 0.1) is 28.6 Å². The Kier molecular flexibility index (Phi) is 6.66. The summed E-state index contributed by atoms with van der Waals surface area (Å²) in [7, 11) is 0. The Morgan fingerprint density at radius 1 is 1.07 bits per heavy atom. The molecule has 3 saturated carbocycles. The third kappa shape index (κ3) is 4.12. The number of thioether (sulfide) groups is 1. The van der Waals surface area contributed by atoms with Gasteiger partial charge in [-0.15, -0.1) is 0 Å². The van der Waals surface area contributed by atoms with Crippen LogP contribution < -0.4 is 0 Å². The number of nitrogens with zero attached hydrogens (tertiary/aromatic N) is 2. The zero-order valence-corrected chi connectivity index (χ0v) is 25.1. The lowest BCUT2D eigenvalue weighted by Gasteiger charge is -2.60. The van der Waals surface area contributed by atoms with Gasteiger partial charge in [0.25, 0.3) is 0 Å². The number of carbonyl (C=O) groups excluding carboxylic acids is 3. The third-order valence-electron chi connectivity index (χ3n) is 11.5. The summed E-state index contributed by atoms with van der Waals surface area (Å²) < 4.78 is 8.49. The minimum Gasteiger partial charge on any atom is -0.458 e. The fourth-order valence-corrected chi connectivity index (χ4v) is 10.2. The van der Waals surface area contributed by atoms with Crippen molar-refractivity contribution in [1.82, 2.24) is 9.55 Å². The third-order valence-corrected chi connectivity index (χ3v) is 12.3. The number of hydrogen-bond acceptors (Lipinski definition) is 7. The Balaban J connectivity index is 1.25. The Morgan fingerprint density at radius 2 is 1.90 bits per heavy atom. The average Bonchev–Trinajstić information content (AvgIpc) is 3.44. The second kappa shape index (κ2) is 10.1. The van der Waals surface area contributed by atoms with Crippen LogP contribution in [0.25, 0.3) is 11.0 Å². The van der Waals surface area contributed by atoms with Crippen molar-refractivity contribution in [2.45, 2.75) is 88.6 Å². The van der Waals surface area contributed by atoms with Crippen molar-refractivity contribution in [3.63, 3.8) is 0 Å². The summed E-state index contributed by atoms with van der Waals surface area (Å²) in [5, 5.41) is 12.6. The molecule has 220 valence electrons. The molecule has 3 fully saturated rings. The van der Waals surface area contributed by atoms with Crippen LogP contribution in [0.1, 0.15) is 65.2 Å². The summed E-state index contributed by atoms with van der Waals surface area (Å²) in [5.74, 6) is 0.311. The molecular formula is C34H38N2O5S. The number of aliphatic hydroxyl groups excluding tert-OH is 1. The first-order chi connectivity index (χ1) is 20.1. The normalized spacial score (nSPS) is 39.2. The number of esters is 1. The fraction of sp³-hybridized carbons (Fsp3) is 0.529. The van der Waals surface area contributed by atoms with Crippen LogP contribution in [-0.2, 0) is 25.7 Å². The van der Waals surface area contributed by atoms with E-state index in [-0.39, 0.29) is 47.0 Å². The quantitative estimate of drug-likeness (QED) is 0.301. The van der Waals surface area contributed by atoms with Gasteiger partial charge in [-0.1, -0.05) is 49.8 Å². The largest absolute Gasteiger partial charge is 0.458 e. The van der Waals surface area contributed by atoms with Gasteiger partial charge in [0.1, 0.15) is 5.60 Å². The summed E-state index contributed by atoms with van der Waals surface area (Å²) in [5.41, 5.74) is 0.848. The van der Waals surface area contributed by atoms with Crippen LogP contribution in [0.5, 0.6) is 0 Å². The van der Waals surface area contributed by atoms with E-state index in [1.54, 1.807) is 12.2 Å². The van der Waals surface area contributed by atoms with Crippen molar-refractivity contribution in [2.24, 2.45) is 28.6 Å². The van der Waals surface area contributed by atoms with Crippen molar-refractivity contribution < 1.29 is 24.2 Å². The first-order valence-corrected chi connectivity index (χ1v) is 16.1. The molecule has 2 aromatic rings. The number of carbonyl (C=O) groups is 3. The molecule has 0 radical (unpaired) electrons. The number of imidazole rings is 1. The number of fused-ring (bicyclic) bond motifs is 9. The predicted octanol–water partition coefficient (Wildman–Crippen LogP) is 5.96. The molecule has 0 unspecified atom stereocenters. The summed E-state index contributed by atoms with van der Waals surface area (Å²) in [6.45, 7) is 4.84. The van der Waals surface area contributed by atoms with Crippen molar-refractivity contribution in [3.8, 4) is 0 Å². The molecule has 2 heterocycles. The van der Waals surface area contributed by atoms with E-state index in [4.69, 9.17) is 9.72 Å². The molecule has 1 aromatic carbocycles. The lowest BCUT2D eigenvalue weighted by molar-refractivity contribution is -0.210. The van der Waals surface area contributed by atoms with E-state index in [9.17, 15) is 19.5 Å². The topological polar surface area (TPSA) is 98.5 Å². The van der Waals surface area contributed by atoms with Crippen LogP contribution >= 0.6 is 11.8 Å². The lowest BCUT2D eigenvalue weighted by atomic mass is 9.46. The van der Waals surface area contributed by atoms with E-state index in [0.29, 0.717) is 36.9 Å². The maximum Gasteiger partial charge on any atom is 0.306 e. The molecule has 5 aliphatic rings. The number of hydrogen-bond donors (Lipinski definition) is 1. The van der Waals surface area contributed by atoms with Crippen molar-refractivity contribution >= 4 is 39.7 Å². The number of aliphatic hydroxyl groups is 1. The van der Waals surface area contributed by atoms with E-state index < -0.39 is 17.1 Å². The van der Waals surface area contributed by atoms with Gasteiger partial charge in [-0.25, -0.2) is 4.98 Å². The van der Waals surface area contributed by atoms with Crippen LogP contribution in [0.4, 0.5) is 0 Å². The highest BCUT2D eigenvalue weighted by Gasteiger charge is 2.69. The Labute approximate surface area is 250 Å². The highest BCUT2D eigenvalue weighted by Crippen LogP contribution is 2.68. The monoisotopic (exact) mass is 586 g/mol. The van der Waals surface area contributed by atoms with Gasteiger partial charge >= 0.3 is 5.97 Å². The minimum atomic E-state index is -1.09. The molecular weight excluding hydrogens is 548 g/mol. The molecule has 1 N–H and O–H groups in total. The van der Waals surface area contributed by atoms with Gasteiger partial charge in [0, 0.05) is 23.8 Å². The molecule has 4 aliphatic carbocycles.